The molecule has 1 N–H and O–H groups in total. The molecule has 0 unspecified atom stereocenters. The Morgan fingerprint density at radius 3 is 2.55 bits per heavy atom. The van der Waals surface area contributed by atoms with Gasteiger partial charge < -0.3 is 16.2 Å². The van der Waals surface area contributed by atoms with Crippen LogP contribution in [0.3, 0.4) is 0 Å². The largest absolute Gasteiger partial charge is 1.00 e. The molecule has 0 bridgehead atoms. The normalized spacial score (nSPS) is 13.5. The third-order valence-electron chi connectivity index (χ3n) is 0.978. The van der Waals surface area contributed by atoms with Crippen LogP contribution >= 0.6 is 0 Å². The summed E-state index contributed by atoms with van der Waals surface area (Å²) in [6, 6.07) is 0. The van der Waals surface area contributed by atoms with E-state index in [4.69, 9.17) is 5.41 Å². The summed E-state index contributed by atoms with van der Waals surface area (Å²) >= 11 is 0. The van der Waals surface area contributed by atoms with Crippen molar-refractivity contribution in [2.24, 2.45) is 0 Å². The number of hydrogen-bond acceptors (Lipinski definition) is 1. The first-order valence-electron chi connectivity index (χ1n) is 2.58. The molecule has 0 aliphatic carbocycles. The maximum Gasteiger partial charge on any atom is 1.00 e. The zero-order valence-corrected chi connectivity index (χ0v) is 9.48. The van der Waals surface area contributed by atoms with Crippen LogP contribution in [0.1, 0.15) is 0 Å². The van der Waals surface area contributed by atoms with Crippen LogP contribution in [-0.4, -0.2) is 11.7 Å². The summed E-state index contributed by atoms with van der Waals surface area (Å²) in [6.45, 7) is 3.66. The van der Waals surface area contributed by atoms with E-state index in [1.807, 2.05) is 0 Å². The van der Waals surface area contributed by atoms with Crippen molar-refractivity contribution >= 4 is 6.21 Å². The Balaban J connectivity index is 0. The van der Waals surface area contributed by atoms with Gasteiger partial charge in [0.15, 0.2) is 0 Å². The molecule has 0 aromatic rings. The van der Waals surface area contributed by atoms with Gasteiger partial charge in [-0.25, -0.2) is 6.21 Å². The van der Waals surface area contributed by atoms with E-state index in [2.05, 4.69) is 11.9 Å². The van der Waals surface area contributed by atoms with Gasteiger partial charge in [0.2, 0.25) is 0 Å². The average Bonchev–Trinajstić information content (AvgIpc) is 1.88. The summed E-state index contributed by atoms with van der Waals surface area (Å²) in [5, 5.41) is 12.3. The molecule has 11 heavy (non-hydrogen) atoms. The third kappa shape index (κ3) is 4.68. The Morgan fingerprint density at radius 2 is 2.18 bits per heavy atom. The number of nitrogens with zero attached hydrogens (tertiary/aromatic N) is 2. The maximum atomic E-state index is 8.45. The standard InChI is InChI=1S/C7H6N2.K.H2O/c1-6-2-3-9-7(4-6)5-8;;/h2-5H,1H2;;1H2/q-2;+1;/p-1. The van der Waals surface area contributed by atoms with Crippen molar-refractivity contribution in [1.82, 2.24) is 0 Å². The molecule has 1 aliphatic heterocycles. The van der Waals surface area contributed by atoms with Gasteiger partial charge in [-0.05, 0) is 5.57 Å². The Labute approximate surface area is 108 Å². The molecule has 1 aliphatic rings. The molecule has 0 atom stereocenters. The SMILES string of the molecule is C=C1C=C[N-]C(C=[N-])=C1.[K+].[OH-]. The first kappa shape index (κ1) is 13.8. The van der Waals surface area contributed by atoms with Crippen molar-refractivity contribution in [1.29, 1.82) is 0 Å². The first-order chi connectivity index (χ1) is 4.33. The molecule has 54 valence electrons. The van der Waals surface area contributed by atoms with Crippen molar-refractivity contribution in [3.8, 4) is 0 Å². The van der Waals surface area contributed by atoms with Gasteiger partial charge in [0.25, 0.3) is 0 Å². The van der Waals surface area contributed by atoms with Crippen molar-refractivity contribution in [3.63, 3.8) is 0 Å². The second-order valence-electron chi connectivity index (χ2n) is 1.72. The third-order valence-corrected chi connectivity index (χ3v) is 0.978. The minimum Gasteiger partial charge on any atom is -0.870 e. The molecule has 0 saturated carbocycles. The molecule has 0 aromatic heterocycles. The maximum absolute atomic E-state index is 8.45. The van der Waals surface area contributed by atoms with E-state index >= 15 is 0 Å². The van der Waals surface area contributed by atoms with Crippen molar-refractivity contribution in [2.75, 3.05) is 0 Å². The summed E-state index contributed by atoms with van der Waals surface area (Å²) in [7, 11) is 0. The van der Waals surface area contributed by atoms with Crippen LogP contribution in [0.2, 0.25) is 0 Å². The summed E-state index contributed by atoms with van der Waals surface area (Å²) < 4.78 is 0. The number of allylic oxidation sites excluding steroid dienone is 4. The molecule has 3 nitrogen and oxygen atoms in total. The predicted molar refractivity (Wildman–Crippen MR) is 41.1 cm³/mol. The summed E-state index contributed by atoms with van der Waals surface area (Å²) in [6.07, 6.45) is 6.02. The van der Waals surface area contributed by atoms with Crippen molar-refractivity contribution < 1.29 is 56.9 Å². The molecule has 0 fully saturated rings. The smallest absolute Gasteiger partial charge is 0.870 e. The van der Waals surface area contributed by atoms with E-state index in [9.17, 15) is 0 Å². The van der Waals surface area contributed by atoms with Gasteiger partial charge in [-0.15, -0.1) is 0 Å². The summed E-state index contributed by atoms with van der Waals surface area (Å²) in [5.74, 6) is 0. The molecule has 0 aromatic carbocycles. The van der Waals surface area contributed by atoms with E-state index in [1.54, 1.807) is 18.4 Å². The molecule has 4 heteroatoms. The molecule has 0 spiro atoms. The van der Waals surface area contributed by atoms with Crippen LogP contribution in [0.5, 0.6) is 0 Å². The van der Waals surface area contributed by atoms with Gasteiger partial charge in [0.1, 0.15) is 0 Å². The van der Waals surface area contributed by atoms with E-state index in [0.29, 0.717) is 5.70 Å². The van der Waals surface area contributed by atoms with Crippen LogP contribution < -0.4 is 51.4 Å². The molecule has 0 saturated heterocycles. The fourth-order valence-electron chi connectivity index (χ4n) is 0.565. The minimum atomic E-state index is 0. The Kier molecular flexibility index (Phi) is 8.77. The van der Waals surface area contributed by atoms with Crippen LogP contribution in [-0.2, 0) is 0 Å². The van der Waals surface area contributed by atoms with Gasteiger partial charge in [0, 0.05) is 0 Å². The Bertz CT molecular complexity index is 208. The zero-order chi connectivity index (χ0) is 6.69. The molecule has 1 heterocycles. The van der Waals surface area contributed by atoms with E-state index in [0.717, 1.165) is 11.8 Å². The second-order valence-corrected chi connectivity index (χ2v) is 1.72. The van der Waals surface area contributed by atoms with Crippen molar-refractivity contribution in [2.45, 2.75) is 0 Å². The first-order valence-corrected chi connectivity index (χ1v) is 2.58. The average molecular weight is 174 g/mol. The van der Waals surface area contributed by atoms with Crippen LogP contribution in [0, 0.1) is 0 Å². The van der Waals surface area contributed by atoms with E-state index in [-0.39, 0.29) is 56.9 Å². The van der Waals surface area contributed by atoms with Crippen LogP contribution in [0.4, 0.5) is 0 Å². The molecule has 0 radical (unpaired) electrons. The molecule has 0 amide bonds. The zero-order valence-electron chi connectivity index (χ0n) is 6.36. The molecule has 1 rings (SSSR count). The minimum absolute atomic E-state index is 0. The second kappa shape index (κ2) is 6.96. The number of rotatable bonds is 1. The summed E-state index contributed by atoms with van der Waals surface area (Å²) in [5.41, 5.74) is 1.40. The number of hydrogen-bond donors (Lipinski definition) is 0. The van der Waals surface area contributed by atoms with Crippen LogP contribution in [0.25, 0.3) is 10.7 Å². The van der Waals surface area contributed by atoms with Crippen molar-refractivity contribution in [3.05, 3.63) is 46.9 Å². The Hall–Kier alpha value is 0.286. The predicted octanol–water partition coefficient (Wildman–Crippen LogP) is -1.21. The monoisotopic (exact) mass is 174 g/mol. The fraction of sp³-hybridized carbons (Fsp3) is 0. The summed E-state index contributed by atoms with van der Waals surface area (Å²) in [4.78, 5) is 0. The fourth-order valence-corrected chi connectivity index (χ4v) is 0.565. The van der Waals surface area contributed by atoms with E-state index < -0.39 is 0 Å². The van der Waals surface area contributed by atoms with Gasteiger partial charge in [-0.2, -0.15) is 11.9 Å². The molecular weight excluding hydrogens is 167 g/mol. The van der Waals surface area contributed by atoms with Gasteiger partial charge >= 0.3 is 51.4 Å². The molecular formula is C7H7KN2O-2. The Morgan fingerprint density at radius 1 is 1.55 bits per heavy atom. The van der Waals surface area contributed by atoms with Gasteiger partial charge in [0.05, 0.1) is 0 Å². The van der Waals surface area contributed by atoms with Crippen LogP contribution in [0.15, 0.2) is 36.2 Å². The van der Waals surface area contributed by atoms with E-state index in [1.165, 1.54) is 0 Å². The topological polar surface area (TPSA) is 66.4 Å². The van der Waals surface area contributed by atoms with Gasteiger partial charge in [-0.1, -0.05) is 18.7 Å². The quantitative estimate of drug-likeness (QED) is 0.363. The van der Waals surface area contributed by atoms with Gasteiger partial charge in [-0.3, -0.25) is 0 Å².